The molecule has 0 fully saturated rings. The fourth-order valence-corrected chi connectivity index (χ4v) is 1.75. The van der Waals surface area contributed by atoms with Gasteiger partial charge in [-0.3, -0.25) is 0 Å². The number of rotatable bonds is 6. The molecule has 0 heterocycles. The van der Waals surface area contributed by atoms with E-state index in [4.69, 9.17) is 21.1 Å². The fourth-order valence-electron chi connectivity index (χ4n) is 1.49. The van der Waals surface area contributed by atoms with Crippen LogP contribution in [0.4, 0.5) is 4.79 Å². The van der Waals surface area contributed by atoms with Crippen LogP contribution in [-0.2, 0) is 4.74 Å². The second-order valence-corrected chi connectivity index (χ2v) is 4.70. The zero-order chi connectivity index (χ0) is 15.8. The highest BCUT2D eigenvalue weighted by Gasteiger charge is 2.12. The Bertz CT molecular complexity index is 518. The lowest BCUT2D eigenvalue weighted by molar-refractivity contribution is 0.152. The lowest BCUT2D eigenvalue weighted by Gasteiger charge is -2.15. The normalized spacial score (nSPS) is 10.8. The van der Waals surface area contributed by atoms with Crippen LogP contribution >= 0.6 is 11.6 Å². The number of nitrogens with zero attached hydrogens (tertiary/aromatic N) is 1. The number of halogens is 1. The summed E-state index contributed by atoms with van der Waals surface area (Å²) < 4.78 is 15.5. The molecule has 0 saturated carbocycles. The highest BCUT2D eigenvalue weighted by molar-refractivity contribution is 6.32. The SMILES string of the molecule is CCOC(=O)N/N=C\c1cc(Cl)c(OC(C)C)c(OC)c1. The van der Waals surface area contributed by atoms with Crippen molar-refractivity contribution in [2.24, 2.45) is 5.10 Å². The number of hydrogen-bond donors (Lipinski definition) is 1. The highest BCUT2D eigenvalue weighted by Crippen LogP contribution is 2.36. The average Bonchev–Trinajstić information content (AvgIpc) is 2.41. The van der Waals surface area contributed by atoms with Gasteiger partial charge in [0.25, 0.3) is 0 Å². The van der Waals surface area contributed by atoms with Crippen molar-refractivity contribution in [3.8, 4) is 11.5 Å². The standard InChI is InChI=1S/C14H19ClN2O4/c1-5-20-14(18)17-16-8-10-6-11(15)13(21-9(2)3)12(7-10)19-4/h6-9H,5H2,1-4H3,(H,17,18)/b16-8-. The minimum atomic E-state index is -0.619. The van der Waals surface area contributed by atoms with Crippen LogP contribution in [0.25, 0.3) is 0 Å². The maximum atomic E-state index is 11.1. The predicted octanol–water partition coefficient (Wildman–Crippen LogP) is 3.22. The summed E-state index contributed by atoms with van der Waals surface area (Å²) in [6.07, 6.45) is 0.790. The fraction of sp³-hybridized carbons (Fsp3) is 0.429. The molecular formula is C14H19ClN2O4. The summed E-state index contributed by atoms with van der Waals surface area (Å²) in [5.74, 6) is 0.971. The van der Waals surface area contributed by atoms with Crippen molar-refractivity contribution in [3.05, 3.63) is 22.7 Å². The number of hydrogen-bond acceptors (Lipinski definition) is 5. The zero-order valence-electron chi connectivity index (χ0n) is 12.5. The molecule has 21 heavy (non-hydrogen) atoms. The second-order valence-electron chi connectivity index (χ2n) is 4.29. The first-order chi connectivity index (χ1) is 9.97. The van der Waals surface area contributed by atoms with Crippen molar-refractivity contribution in [1.82, 2.24) is 5.43 Å². The lowest BCUT2D eigenvalue weighted by Crippen LogP contribution is -2.18. The Morgan fingerprint density at radius 1 is 1.48 bits per heavy atom. The van der Waals surface area contributed by atoms with Gasteiger partial charge < -0.3 is 14.2 Å². The van der Waals surface area contributed by atoms with Gasteiger partial charge in [-0.1, -0.05) is 11.6 Å². The van der Waals surface area contributed by atoms with Crippen LogP contribution in [0.5, 0.6) is 11.5 Å². The van der Waals surface area contributed by atoms with Crippen molar-refractivity contribution in [2.45, 2.75) is 26.9 Å². The first-order valence-corrected chi connectivity index (χ1v) is 6.85. The van der Waals surface area contributed by atoms with E-state index in [1.54, 1.807) is 19.1 Å². The number of carbonyl (C=O) groups is 1. The first kappa shape index (κ1) is 17.1. The minimum Gasteiger partial charge on any atom is -0.493 e. The van der Waals surface area contributed by atoms with Gasteiger partial charge in [-0.25, -0.2) is 10.2 Å². The Hall–Kier alpha value is -1.95. The van der Waals surface area contributed by atoms with Gasteiger partial charge in [0.05, 0.1) is 31.1 Å². The molecule has 0 bridgehead atoms. The molecule has 7 heteroatoms. The van der Waals surface area contributed by atoms with Crippen LogP contribution in [0.2, 0.25) is 5.02 Å². The molecular weight excluding hydrogens is 296 g/mol. The molecule has 0 saturated heterocycles. The van der Waals surface area contributed by atoms with Crippen molar-refractivity contribution >= 4 is 23.9 Å². The van der Waals surface area contributed by atoms with Gasteiger partial charge in [-0.2, -0.15) is 5.10 Å². The Kier molecular flexibility index (Phi) is 6.81. The summed E-state index contributed by atoms with van der Waals surface area (Å²) >= 11 is 6.17. The number of carbonyl (C=O) groups excluding carboxylic acids is 1. The molecule has 0 unspecified atom stereocenters. The first-order valence-electron chi connectivity index (χ1n) is 6.48. The smallest absolute Gasteiger partial charge is 0.427 e. The topological polar surface area (TPSA) is 69.2 Å². The molecule has 1 N–H and O–H groups in total. The van der Waals surface area contributed by atoms with Gasteiger partial charge in [0, 0.05) is 0 Å². The molecule has 0 radical (unpaired) electrons. The van der Waals surface area contributed by atoms with Crippen molar-refractivity contribution < 1.29 is 19.0 Å². The van der Waals surface area contributed by atoms with E-state index >= 15 is 0 Å². The molecule has 0 aliphatic heterocycles. The monoisotopic (exact) mass is 314 g/mol. The third-order valence-electron chi connectivity index (χ3n) is 2.25. The van der Waals surface area contributed by atoms with E-state index in [0.717, 1.165) is 0 Å². The van der Waals surface area contributed by atoms with E-state index in [2.05, 4.69) is 15.3 Å². The van der Waals surface area contributed by atoms with E-state index in [1.807, 2.05) is 13.8 Å². The predicted molar refractivity (Wildman–Crippen MR) is 81.5 cm³/mol. The number of nitrogens with one attached hydrogen (secondary N) is 1. The molecule has 0 spiro atoms. The van der Waals surface area contributed by atoms with Crippen LogP contribution in [0.1, 0.15) is 26.3 Å². The average molecular weight is 315 g/mol. The van der Waals surface area contributed by atoms with Gasteiger partial charge in [-0.15, -0.1) is 0 Å². The van der Waals surface area contributed by atoms with E-state index < -0.39 is 6.09 Å². The summed E-state index contributed by atoms with van der Waals surface area (Å²) in [7, 11) is 1.52. The summed E-state index contributed by atoms with van der Waals surface area (Å²) in [5, 5.41) is 4.17. The van der Waals surface area contributed by atoms with Crippen LogP contribution < -0.4 is 14.9 Å². The number of methoxy groups -OCH3 is 1. The van der Waals surface area contributed by atoms with E-state index in [1.165, 1.54) is 13.3 Å². The summed E-state index contributed by atoms with van der Waals surface area (Å²) in [6.45, 7) is 5.78. The molecule has 1 amide bonds. The van der Waals surface area contributed by atoms with Gasteiger partial charge in [0.15, 0.2) is 11.5 Å². The van der Waals surface area contributed by atoms with Gasteiger partial charge >= 0.3 is 6.09 Å². The van der Waals surface area contributed by atoms with E-state index in [-0.39, 0.29) is 12.7 Å². The molecule has 6 nitrogen and oxygen atoms in total. The molecule has 1 aromatic rings. The number of amides is 1. The zero-order valence-corrected chi connectivity index (χ0v) is 13.2. The Labute approximate surface area is 129 Å². The number of benzene rings is 1. The van der Waals surface area contributed by atoms with Crippen LogP contribution in [0.3, 0.4) is 0 Å². The molecule has 1 aromatic carbocycles. The third kappa shape index (κ3) is 5.51. The van der Waals surface area contributed by atoms with Gasteiger partial charge in [0.1, 0.15) is 0 Å². The van der Waals surface area contributed by atoms with Crippen molar-refractivity contribution in [1.29, 1.82) is 0 Å². The van der Waals surface area contributed by atoms with Crippen molar-refractivity contribution in [3.63, 3.8) is 0 Å². The Morgan fingerprint density at radius 2 is 2.19 bits per heavy atom. The Balaban J connectivity index is 2.88. The highest BCUT2D eigenvalue weighted by atomic mass is 35.5. The molecule has 0 aliphatic rings. The maximum Gasteiger partial charge on any atom is 0.427 e. The quantitative estimate of drug-likeness (QED) is 0.646. The largest absolute Gasteiger partial charge is 0.493 e. The molecule has 0 atom stereocenters. The van der Waals surface area contributed by atoms with E-state index in [0.29, 0.717) is 22.1 Å². The van der Waals surface area contributed by atoms with Crippen LogP contribution in [0.15, 0.2) is 17.2 Å². The second kappa shape index (κ2) is 8.36. The van der Waals surface area contributed by atoms with Crippen LogP contribution in [0, 0.1) is 0 Å². The van der Waals surface area contributed by atoms with Gasteiger partial charge in [0.2, 0.25) is 0 Å². The summed E-state index contributed by atoms with van der Waals surface area (Å²) in [4.78, 5) is 11.1. The Morgan fingerprint density at radius 3 is 2.76 bits per heavy atom. The third-order valence-corrected chi connectivity index (χ3v) is 2.53. The number of ether oxygens (including phenoxy) is 3. The van der Waals surface area contributed by atoms with Gasteiger partial charge in [-0.05, 0) is 38.5 Å². The summed E-state index contributed by atoms with van der Waals surface area (Å²) in [5.41, 5.74) is 2.89. The summed E-state index contributed by atoms with van der Waals surface area (Å²) in [6, 6.07) is 3.37. The maximum absolute atomic E-state index is 11.1. The molecule has 116 valence electrons. The molecule has 1 rings (SSSR count). The minimum absolute atomic E-state index is 0.0265. The van der Waals surface area contributed by atoms with E-state index in [9.17, 15) is 4.79 Å². The molecule has 0 aromatic heterocycles. The van der Waals surface area contributed by atoms with Crippen LogP contribution in [-0.4, -0.2) is 32.1 Å². The van der Waals surface area contributed by atoms with Crippen molar-refractivity contribution in [2.75, 3.05) is 13.7 Å². The lowest BCUT2D eigenvalue weighted by atomic mass is 10.2. The number of hydrazone groups is 1. The molecule has 0 aliphatic carbocycles.